The number of aliphatic carboxylic acids is 1. The minimum atomic E-state index is -5.08. The van der Waals surface area contributed by atoms with Crippen molar-refractivity contribution in [3.63, 3.8) is 0 Å². The van der Waals surface area contributed by atoms with E-state index in [2.05, 4.69) is 10.2 Å². The molecule has 3 rings (SSSR count). The average Bonchev–Trinajstić information content (AvgIpc) is 3.16. The minimum Gasteiger partial charge on any atom is -0.475 e. The van der Waals surface area contributed by atoms with Crippen LogP contribution in [0.25, 0.3) is 16.8 Å². The van der Waals surface area contributed by atoms with E-state index in [-0.39, 0.29) is 29.3 Å². The number of hydrogen-bond donors (Lipinski definition) is 3. The topological polar surface area (TPSA) is 148 Å². The summed E-state index contributed by atoms with van der Waals surface area (Å²) in [5, 5.41) is 13.3. The molecule has 3 aromatic rings. The van der Waals surface area contributed by atoms with E-state index in [4.69, 9.17) is 15.6 Å². The molecule has 200 valence electrons. The summed E-state index contributed by atoms with van der Waals surface area (Å²) in [6, 6.07) is 11.6. The Hall–Kier alpha value is -3.85. The highest BCUT2D eigenvalue weighted by molar-refractivity contribution is 7.90. The second kappa shape index (κ2) is 11.5. The van der Waals surface area contributed by atoms with Crippen molar-refractivity contribution in [2.24, 2.45) is 5.73 Å². The van der Waals surface area contributed by atoms with E-state index in [0.717, 1.165) is 17.4 Å². The van der Waals surface area contributed by atoms with Crippen LogP contribution in [0.15, 0.2) is 63.8 Å². The highest BCUT2D eigenvalue weighted by atomic mass is 32.2. The fourth-order valence-electron chi connectivity index (χ4n) is 3.16. The second-order valence-electron chi connectivity index (χ2n) is 7.57. The van der Waals surface area contributed by atoms with Gasteiger partial charge < -0.3 is 10.8 Å². The second-order valence-corrected chi connectivity index (χ2v) is 9.59. The van der Waals surface area contributed by atoms with Gasteiger partial charge in [-0.05, 0) is 41.8 Å². The van der Waals surface area contributed by atoms with Crippen LogP contribution in [-0.4, -0.2) is 53.2 Å². The Balaban J connectivity index is 0.000000604. The van der Waals surface area contributed by atoms with Gasteiger partial charge in [-0.3, -0.25) is 0 Å². The highest BCUT2D eigenvalue weighted by Gasteiger charge is 2.38. The van der Waals surface area contributed by atoms with E-state index in [1.807, 2.05) is 6.07 Å². The molecule has 0 amide bonds. The van der Waals surface area contributed by atoms with Crippen LogP contribution in [0.3, 0.4) is 0 Å². The number of aromatic amines is 1. The van der Waals surface area contributed by atoms with Gasteiger partial charge >= 0.3 is 17.8 Å². The lowest BCUT2D eigenvalue weighted by Gasteiger charge is -2.14. The monoisotopic (exact) mass is 548 g/mol. The molecule has 0 radical (unpaired) electrons. The lowest BCUT2D eigenvalue weighted by Crippen LogP contribution is -2.21. The van der Waals surface area contributed by atoms with Gasteiger partial charge in [0.2, 0.25) is 0 Å². The molecule has 0 atom stereocenters. The summed E-state index contributed by atoms with van der Waals surface area (Å²) < 4.78 is 82.4. The van der Waals surface area contributed by atoms with Crippen LogP contribution in [0.4, 0.5) is 22.0 Å². The standard InChI is InChI=1S/C20H20F2N4O3S.C2HF3O2/c1-12-16(13-6-8-15(9-7-13)30(2,28)29)4-3-5-17(12)26-18(24-25-20(26)27)10-14(11-23)19(21)22;3-2(4,5)1(6)7/h3-9H,10-11,23H2,1-2H3,(H,25,27);(H,6,7). The van der Waals surface area contributed by atoms with Crippen LogP contribution in [0.5, 0.6) is 0 Å². The molecule has 0 unspecified atom stereocenters. The third-order valence-electron chi connectivity index (χ3n) is 5.01. The third kappa shape index (κ3) is 7.33. The third-order valence-corrected chi connectivity index (χ3v) is 6.14. The van der Waals surface area contributed by atoms with Gasteiger partial charge in [0, 0.05) is 24.8 Å². The van der Waals surface area contributed by atoms with E-state index in [0.29, 0.717) is 11.3 Å². The number of rotatable bonds is 6. The SMILES string of the molecule is Cc1c(-c2ccc(S(C)(=O)=O)cc2)cccc1-n1c(CC(CN)=C(F)F)n[nH]c1=O.O=C(O)C(F)(F)F. The molecule has 0 spiro atoms. The summed E-state index contributed by atoms with van der Waals surface area (Å²) in [5.41, 5.74) is 7.20. The molecule has 1 heterocycles. The molecule has 1 aromatic heterocycles. The number of alkyl halides is 3. The van der Waals surface area contributed by atoms with Crippen molar-refractivity contribution in [2.45, 2.75) is 24.4 Å². The van der Waals surface area contributed by atoms with Gasteiger partial charge in [0.25, 0.3) is 6.08 Å². The highest BCUT2D eigenvalue weighted by Crippen LogP contribution is 2.29. The maximum Gasteiger partial charge on any atom is 0.490 e. The molecule has 15 heteroatoms. The number of aromatic nitrogens is 3. The molecule has 0 saturated heterocycles. The number of carboxylic acids is 1. The van der Waals surface area contributed by atoms with Crippen molar-refractivity contribution < 1.29 is 40.3 Å². The van der Waals surface area contributed by atoms with E-state index in [9.17, 15) is 35.2 Å². The lowest BCUT2D eigenvalue weighted by atomic mass is 9.99. The number of halogens is 5. The van der Waals surface area contributed by atoms with E-state index in [1.165, 1.54) is 16.7 Å². The van der Waals surface area contributed by atoms with Crippen LogP contribution in [-0.2, 0) is 21.1 Å². The first kappa shape index (κ1) is 29.4. The van der Waals surface area contributed by atoms with Crippen molar-refractivity contribution in [3.05, 3.63) is 76.0 Å². The molecule has 0 aliphatic rings. The predicted molar refractivity (Wildman–Crippen MR) is 123 cm³/mol. The Morgan fingerprint density at radius 3 is 2.16 bits per heavy atom. The fraction of sp³-hybridized carbons (Fsp3) is 0.227. The number of nitrogens with one attached hydrogen (secondary N) is 1. The number of hydrogen-bond acceptors (Lipinski definition) is 6. The Bertz CT molecular complexity index is 1470. The quantitative estimate of drug-likeness (QED) is 0.401. The predicted octanol–water partition coefficient (Wildman–Crippen LogP) is 3.22. The zero-order valence-corrected chi connectivity index (χ0v) is 20.1. The Labute approximate surface area is 207 Å². The number of H-pyrrole nitrogens is 1. The summed E-state index contributed by atoms with van der Waals surface area (Å²) >= 11 is 0. The number of sulfone groups is 1. The molecule has 4 N–H and O–H groups in total. The Morgan fingerprint density at radius 2 is 1.70 bits per heavy atom. The zero-order valence-electron chi connectivity index (χ0n) is 19.3. The maximum absolute atomic E-state index is 13.0. The van der Waals surface area contributed by atoms with Crippen LogP contribution in [0.2, 0.25) is 0 Å². The van der Waals surface area contributed by atoms with Crippen LogP contribution in [0, 0.1) is 6.92 Å². The van der Waals surface area contributed by atoms with Gasteiger partial charge in [0.1, 0.15) is 5.82 Å². The van der Waals surface area contributed by atoms with Crippen molar-refractivity contribution in [1.29, 1.82) is 0 Å². The first-order valence-corrected chi connectivity index (χ1v) is 12.1. The number of nitrogens with zero attached hydrogens (tertiary/aromatic N) is 2. The molecule has 2 aromatic carbocycles. The normalized spacial score (nSPS) is 11.5. The fourth-order valence-corrected chi connectivity index (χ4v) is 3.79. The zero-order chi connectivity index (χ0) is 28.1. The summed E-state index contributed by atoms with van der Waals surface area (Å²) in [7, 11) is -3.32. The molecule has 0 aliphatic heterocycles. The molecule has 0 bridgehead atoms. The minimum absolute atomic E-state index is 0.112. The summed E-state index contributed by atoms with van der Waals surface area (Å²) in [5.74, 6) is -2.64. The summed E-state index contributed by atoms with van der Waals surface area (Å²) in [6.45, 7) is 1.43. The molecule has 0 saturated carbocycles. The van der Waals surface area contributed by atoms with Crippen molar-refractivity contribution in [1.82, 2.24) is 14.8 Å². The van der Waals surface area contributed by atoms with Crippen molar-refractivity contribution in [3.8, 4) is 16.8 Å². The van der Waals surface area contributed by atoms with E-state index < -0.39 is 33.8 Å². The van der Waals surface area contributed by atoms with E-state index in [1.54, 1.807) is 31.2 Å². The van der Waals surface area contributed by atoms with Crippen LogP contribution in [0.1, 0.15) is 11.4 Å². The molecule has 0 fully saturated rings. The van der Waals surface area contributed by atoms with E-state index >= 15 is 0 Å². The lowest BCUT2D eigenvalue weighted by molar-refractivity contribution is -0.192. The van der Waals surface area contributed by atoms with Crippen molar-refractivity contribution >= 4 is 15.8 Å². The molecule has 9 nitrogen and oxygen atoms in total. The summed E-state index contributed by atoms with van der Waals surface area (Å²) in [6.07, 6.45) is -6.12. The molecular formula is C22H21F5N4O5S. The first-order chi connectivity index (χ1) is 17.1. The van der Waals surface area contributed by atoms with Crippen LogP contribution < -0.4 is 11.4 Å². The smallest absolute Gasteiger partial charge is 0.475 e. The van der Waals surface area contributed by atoms with Gasteiger partial charge in [-0.2, -0.15) is 27.1 Å². The number of carboxylic acid groups (broad SMARTS) is 1. The van der Waals surface area contributed by atoms with Gasteiger partial charge in [-0.15, -0.1) is 0 Å². The molecular weight excluding hydrogens is 527 g/mol. The number of carbonyl (C=O) groups is 1. The average molecular weight is 548 g/mol. The van der Waals surface area contributed by atoms with Gasteiger partial charge in [-0.25, -0.2) is 27.7 Å². The molecule has 0 aliphatic carbocycles. The first-order valence-electron chi connectivity index (χ1n) is 10.2. The number of benzene rings is 2. The Kier molecular flexibility index (Phi) is 9.11. The Morgan fingerprint density at radius 1 is 1.14 bits per heavy atom. The van der Waals surface area contributed by atoms with Gasteiger partial charge in [0.15, 0.2) is 9.84 Å². The molecule has 37 heavy (non-hydrogen) atoms. The van der Waals surface area contributed by atoms with Gasteiger partial charge in [-0.1, -0.05) is 24.3 Å². The number of nitrogens with two attached hydrogens (primary N) is 1. The van der Waals surface area contributed by atoms with Crippen molar-refractivity contribution in [2.75, 3.05) is 12.8 Å². The maximum atomic E-state index is 13.0. The van der Waals surface area contributed by atoms with Crippen LogP contribution >= 0.6 is 0 Å². The largest absolute Gasteiger partial charge is 0.490 e. The van der Waals surface area contributed by atoms with Gasteiger partial charge in [0.05, 0.1) is 10.6 Å². The summed E-state index contributed by atoms with van der Waals surface area (Å²) in [4.78, 5) is 21.5.